The Morgan fingerprint density at radius 1 is 1.14 bits per heavy atom. The van der Waals surface area contributed by atoms with Gasteiger partial charge in [-0.3, -0.25) is 4.98 Å². The standard InChI is InChI=1S/C15H14N4O2/c16-12(9-10-4-6-11(20)7-5-10)15-18-14(19-21-15)13-3-1-2-8-17-13/h1-8,12,20H,9,16H2. The highest BCUT2D eigenvalue weighted by Gasteiger charge is 2.16. The third kappa shape index (κ3) is 3.06. The molecule has 3 rings (SSSR count). The average Bonchev–Trinajstić information content (AvgIpc) is 3.00. The number of pyridine rings is 1. The molecule has 0 fully saturated rings. The molecule has 0 aliphatic carbocycles. The molecular formula is C15H14N4O2. The summed E-state index contributed by atoms with van der Waals surface area (Å²) in [6.45, 7) is 0. The first-order chi connectivity index (χ1) is 10.2. The normalized spacial score (nSPS) is 12.2. The summed E-state index contributed by atoms with van der Waals surface area (Å²) in [6, 6.07) is 11.9. The molecule has 0 radical (unpaired) electrons. The van der Waals surface area contributed by atoms with Gasteiger partial charge in [-0.05, 0) is 36.2 Å². The van der Waals surface area contributed by atoms with Crippen LogP contribution in [0.3, 0.4) is 0 Å². The zero-order chi connectivity index (χ0) is 14.7. The van der Waals surface area contributed by atoms with Gasteiger partial charge in [-0.15, -0.1) is 0 Å². The molecule has 3 aromatic rings. The maximum atomic E-state index is 9.26. The minimum Gasteiger partial charge on any atom is -0.508 e. The Morgan fingerprint density at radius 3 is 2.67 bits per heavy atom. The SMILES string of the molecule is NC(Cc1ccc(O)cc1)c1nc(-c2ccccn2)no1. The summed E-state index contributed by atoms with van der Waals surface area (Å²) in [7, 11) is 0. The van der Waals surface area contributed by atoms with Crippen LogP contribution in [0.2, 0.25) is 0 Å². The van der Waals surface area contributed by atoms with E-state index in [2.05, 4.69) is 15.1 Å². The fraction of sp³-hybridized carbons (Fsp3) is 0.133. The van der Waals surface area contributed by atoms with Crippen LogP contribution in [0.15, 0.2) is 53.2 Å². The van der Waals surface area contributed by atoms with Gasteiger partial charge in [0.15, 0.2) is 0 Å². The molecule has 0 amide bonds. The summed E-state index contributed by atoms with van der Waals surface area (Å²) in [5, 5.41) is 13.2. The van der Waals surface area contributed by atoms with Crippen LogP contribution in [0.4, 0.5) is 0 Å². The summed E-state index contributed by atoms with van der Waals surface area (Å²) in [6.07, 6.45) is 2.21. The van der Waals surface area contributed by atoms with Gasteiger partial charge in [-0.1, -0.05) is 23.4 Å². The van der Waals surface area contributed by atoms with E-state index >= 15 is 0 Å². The fourth-order valence-corrected chi connectivity index (χ4v) is 1.96. The van der Waals surface area contributed by atoms with Crippen LogP contribution in [0, 0.1) is 0 Å². The largest absolute Gasteiger partial charge is 0.508 e. The van der Waals surface area contributed by atoms with Crippen molar-refractivity contribution in [3.63, 3.8) is 0 Å². The Labute approximate surface area is 121 Å². The predicted octanol–water partition coefficient (Wildman–Crippen LogP) is 2.08. The van der Waals surface area contributed by atoms with Crippen LogP contribution in [-0.2, 0) is 6.42 Å². The summed E-state index contributed by atoms with van der Waals surface area (Å²) < 4.78 is 5.20. The molecule has 21 heavy (non-hydrogen) atoms. The zero-order valence-corrected chi connectivity index (χ0v) is 11.2. The van der Waals surface area contributed by atoms with Crippen LogP contribution in [0.1, 0.15) is 17.5 Å². The molecule has 0 aliphatic heterocycles. The van der Waals surface area contributed by atoms with Crippen LogP contribution in [0.25, 0.3) is 11.5 Å². The van der Waals surface area contributed by atoms with Gasteiger partial charge in [-0.25, -0.2) is 0 Å². The van der Waals surface area contributed by atoms with Gasteiger partial charge in [0.25, 0.3) is 0 Å². The van der Waals surface area contributed by atoms with Crippen molar-refractivity contribution in [2.45, 2.75) is 12.5 Å². The topological polar surface area (TPSA) is 98.1 Å². The number of hydrogen-bond donors (Lipinski definition) is 2. The van der Waals surface area contributed by atoms with Gasteiger partial charge in [-0.2, -0.15) is 4.98 Å². The number of aromatic nitrogens is 3. The van der Waals surface area contributed by atoms with Crippen molar-refractivity contribution >= 4 is 0 Å². The van der Waals surface area contributed by atoms with Crippen molar-refractivity contribution in [2.75, 3.05) is 0 Å². The molecule has 0 aliphatic rings. The Balaban J connectivity index is 1.75. The van der Waals surface area contributed by atoms with E-state index in [1.54, 1.807) is 24.4 Å². The molecule has 106 valence electrons. The van der Waals surface area contributed by atoms with Crippen LogP contribution < -0.4 is 5.73 Å². The van der Waals surface area contributed by atoms with Gasteiger partial charge in [0.2, 0.25) is 11.7 Å². The van der Waals surface area contributed by atoms with Crippen LogP contribution in [0.5, 0.6) is 5.75 Å². The Hall–Kier alpha value is -2.73. The lowest BCUT2D eigenvalue weighted by Gasteiger charge is -2.06. The number of phenols is 1. The van der Waals surface area contributed by atoms with Crippen molar-refractivity contribution in [1.29, 1.82) is 0 Å². The van der Waals surface area contributed by atoms with Crippen molar-refractivity contribution in [3.05, 3.63) is 60.1 Å². The number of hydrogen-bond acceptors (Lipinski definition) is 6. The van der Waals surface area contributed by atoms with Crippen molar-refractivity contribution < 1.29 is 9.63 Å². The molecule has 1 unspecified atom stereocenters. The third-order valence-corrected chi connectivity index (χ3v) is 3.04. The first-order valence-electron chi connectivity index (χ1n) is 6.51. The summed E-state index contributed by atoms with van der Waals surface area (Å²) in [5.74, 6) is 1.01. The number of aromatic hydroxyl groups is 1. The third-order valence-electron chi connectivity index (χ3n) is 3.04. The zero-order valence-electron chi connectivity index (χ0n) is 11.2. The second-order valence-corrected chi connectivity index (χ2v) is 4.65. The predicted molar refractivity (Wildman–Crippen MR) is 76.3 cm³/mol. The van der Waals surface area contributed by atoms with Gasteiger partial charge in [0.1, 0.15) is 11.4 Å². The summed E-state index contributed by atoms with van der Waals surface area (Å²) >= 11 is 0. The van der Waals surface area contributed by atoms with Gasteiger partial charge >= 0.3 is 0 Å². The lowest BCUT2D eigenvalue weighted by atomic mass is 10.1. The summed E-state index contributed by atoms with van der Waals surface area (Å²) in [4.78, 5) is 8.44. The molecule has 1 aromatic carbocycles. The van der Waals surface area contributed by atoms with E-state index in [0.29, 0.717) is 23.8 Å². The van der Waals surface area contributed by atoms with E-state index in [4.69, 9.17) is 10.3 Å². The Bertz CT molecular complexity index is 710. The van der Waals surface area contributed by atoms with Gasteiger partial charge in [0, 0.05) is 6.20 Å². The van der Waals surface area contributed by atoms with E-state index < -0.39 is 6.04 Å². The quantitative estimate of drug-likeness (QED) is 0.760. The minimum absolute atomic E-state index is 0.225. The van der Waals surface area contributed by atoms with Crippen molar-refractivity contribution in [2.24, 2.45) is 5.73 Å². The maximum absolute atomic E-state index is 9.26. The maximum Gasteiger partial charge on any atom is 0.244 e. The molecular weight excluding hydrogens is 268 g/mol. The molecule has 2 heterocycles. The molecule has 2 aromatic heterocycles. The second-order valence-electron chi connectivity index (χ2n) is 4.65. The van der Waals surface area contributed by atoms with E-state index in [1.165, 1.54) is 0 Å². The number of phenolic OH excluding ortho intramolecular Hbond substituents is 1. The van der Waals surface area contributed by atoms with E-state index in [9.17, 15) is 5.11 Å². The Morgan fingerprint density at radius 2 is 1.95 bits per heavy atom. The second kappa shape index (κ2) is 5.72. The molecule has 0 bridgehead atoms. The van der Waals surface area contributed by atoms with E-state index in [-0.39, 0.29) is 5.75 Å². The number of benzene rings is 1. The minimum atomic E-state index is -0.403. The monoisotopic (exact) mass is 282 g/mol. The van der Waals surface area contributed by atoms with Crippen molar-refractivity contribution in [1.82, 2.24) is 15.1 Å². The van der Waals surface area contributed by atoms with Crippen molar-refractivity contribution in [3.8, 4) is 17.3 Å². The van der Waals surface area contributed by atoms with E-state index in [1.807, 2.05) is 24.3 Å². The number of nitrogens with zero attached hydrogens (tertiary/aromatic N) is 3. The van der Waals surface area contributed by atoms with E-state index in [0.717, 1.165) is 5.56 Å². The first kappa shape index (κ1) is 13.3. The lowest BCUT2D eigenvalue weighted by Crippen LogP contribution is -2.13. The summed E-state index contributed by atoms with van der Waals surface area (Å²) in [5.41, 5.74) is 7.70. The highest BCUT2D eigenvalue weighted by molar-refractivity contribution is 5.47. The van der Waals surface area contributed by atoms with Crippen LogP contribution >= 0.6 is 0 Å². The first-order valence-corrected chi connectivity index (χ1v) is 6.51. The number of rotatable bonds is 4. The highest BCUT2D eigenvalue weighted by atomic mass is 16.5. The molecule has 0 spiro atoms. The molecule has 0 saturated heterocycles. The molecule has 6 nitrogen and oxygen atoms in total. The highest BCUT2D eigenvalue weighted by Crippen LogP contribution is 2.19. The van der Waals surface area contributed by atoms with Crippen LogP contribution in [-0.4, -0.2) is 20.2 Å². The molecule has 6 heteroatoms. The molecule has 1 atom stereocenters. The number of nitrogens with two attached hydrogens (primary N) is 1. The fourth-order valence-electron chi connectivity index (χ4n) is 1.96. The molecule has 0 saturated carbocycles. The average molecular weight is 282 g/mol. The Kier molecular flexibility index (Phi) is 3.61. The smallest absolute Gasteiger partial charge is 0.244 e. The lowest BCUT2D eigenvalue weighted by molar-refractivity contribution is 0.354. The van der Waals surface area contributed by atoms with Gasteiger partial charge < -0.3 is 15.4 Å². The van der Waals surface area contributed by atoms with Gasteiger partial charge in [0.05, 0.1) is 6.04 Å². The molecule has 3 N–H and O–H groups in total.